The molecule has 0 aliphatic rings. The molecule has 0 rings (SSSR count). The van der Waals surface area contributed by atoms with Crippen molar-refractivity contribution >= 4 is 20.7 Å². The van der Waals surface area contributed by atoms with Crippen molar-refractivity contribution in [2.75, 3.05) is 0 Å². The van der Waals surface area contributed by atoms with Crippen LogP contribution in [0.2, 0.25) is 0 Å². The van der Waals surface area contributed by atoms with Gasteiger partial charge in [-0.05, 0) is 17.6 Å². The Labute approximate surface area is 68.0 Å². The first kappa shape index (κ1) is 9.66. The van der Waals surface area contributed by atoms with Crippen LogP contribution in [-0.2, 0) is 10.0 Å². The Morgan fingerprint density at radius 1 is 1.20 bits per heavy atom. The van der Waals surface area contributed by atoms with Crippen LogP contribution in [0.25, 0.3) is 0 Å². The van der Waals surface area contributed by atoms with Gasteiger partial charge in [-0.3, -0.25) is 0 Å². The van der Waals surface area contributed by atoms with Crippen LogP contribution < -0.4 is 0 Å². The van der Waals surface area contributed by atoms with Gasteiger partial charge in [-0.15, -0.1) is 0 Å². The molecule has 0 fully saturated rings. The second-order valence-corrected chi connectivity index (χ2v) is 3.17. The second kappa shape index (κ2) is 6.78. The van der Waals surface area contributed by atoms with Crippen LogP contribution in [0.1, 0.15) is 6.92 Å². The van der Waals surface area contributed by atoms with Crippen LogP contribution in [0, 0.1) is 0 Å². The average molecular weight is 177 g/mol. The topological polar surface area (TPSA) is 17.1 Å². The highest BCUT2D eigenvalue weighted by molar-refractivity contribution is 8.10. The van der Waals surface area contributed by atoms with Crippen LogP contribution in [0.5, 0.6) is 0 Å². The monoisotopic (exact) mass is 176 g/mol. The molecule has 0 saturated carbocycles. The minimum atomic E-state index is -1.35. The maximum Gasteiger partial charge on any atom is 0.140 e. The van der Waals surface area contributed by atoms with Gasteiger partial charge in [-0.25, -0.2) is 4.21 Å². The molecule has 1 unspecified atom stereocenters. The van der Waals surface area contributed by atoms with Crippen molar-refractivity contribution in [1.82, 2.24) is 0 Å². The Morgan fingerprint density at radius 3 is 2.30 bits per heavy atom. The van der Waals surface area contributed by atoms with Gasteiger partial charge in [0, 0.05) is 5.41 Å². The Kier molecular flexibility index (Phi) is 6.55. The lowest BCUT2D eigenvalue weighted by atomic mass is 10.4. The first-order valence-corrected chi connectivity index (χ1v) is 4.84. The molecule has 0 aromatic heterocycles. The van der Waals surface area contributed by atoms with Crippen LogP contribution in [0.3, 0.4) is 0 Å². The standard InChI is InChI=1S/C7H9ClOS/c1-2-3-4-5-6-7-10(8)9/h2-7H,1H3/b3-2-,5-4-,7-6+. The van der Waals surface area contributed by atoms with E-state index in [1.54, 1.807) is 12.2 Å². The quantitative estimate of drug-likeness (QED) is 0.477. The molecule has 0 N–H and O–H groups in total. The number of hydrogen-bond acceptors (Lipinski definition) is 1. The molecule has 56 valence electrons. The van der Waals surface area contributed by atoms with Gasteiger partial charge in [-0.1, -0.05) is 30.4 Å². The third kappa shape index (κ3) is 7.66. The Hall–Kier alpha value is -0.340. The van der Waals surface area contributed by atoms with Crippen molar-refractivity contribution in [3.63, 3.8) is 0 Å². The molecule has 0 aliphatic heterocycles. The molecular weight excluding hydrogens is 168 g/mol. The summed E-state index contributed by atoms with van der Waals surface area (Å²) in [6, 6.07) is 0. The van der Waals surface area contributed by atoms with E-state index in [4.69, 9.17) is 10.7 Å². The van der Waals surface area contributed by atoms with E-state index in [1.807, 2.05) is 25.2 Å². The molecule has 0 heterocycles. The predicted molar refractivity (Wildman–Crippen MR) is 47.1 cm³/mol. The SMILES string of the molecule is C\C=C/C=C\C=C\S(=O)Cl. The van der Waals surface area contributed by atoms with Gasteiger partial charge in [0.05, 0.1) is 0 Å². The minimum absolute atomic E-state index is 1.35. The number of halogens is 1. The Balaban J connectivity index is 3.62. The highest BCUT2D eigenvalue weighted by Crippen LogP contribution is 1.90. The van der Waals surface area contributed by atoms with Crippen LogP contribution in [0.4, 0.5) is 0 Å². The van der Waals surface area contributed by atoms with Gasteiger partial charge >= 0.3 is 0 Å². The van der Waals surface area contributed by atoms with Crippen molar-refractivity contribution in [2.24, 2.45) is 0 Å². The Bertz CT molecular complexity index is 182. The molecule has 0 aromatic rings. The summed E-state index contributed by atoms with van der Waals surface area (Å²) in [4.78, 5) is 0. The fraction of sp³-hybridized carbons (Fsp3) is 0.143. The van der Waals surface area contributed by atoms with Crippen molar-refractivity contribution in [2.45, 2.75) is 6.92 Å². The van der Waals surface area contributed by atoms with E-state index >= 15 is 0 Å². The molecule has 0 spiro atoms. The van der Waals surface area contributed by atoms with Crippen LogP contribution >= 0.6 is 10.7 Å². The number of allylic oxidation sites excluding steroid dienone is 5. The zero-order valence-corrected chi connectivity index (χ0v) is 7.23. The molecule has 3 heteroatoms. The molecular formula is C7H9ClOS. The molecule has 1 nitrogen and oxygen atoms in total. The lowest BCUT2D eigenvalue weighted by molar-refractivity contribution is 0.695. The van der Waals surface area contributed by atoms with Gasteiger partial charge in [-0.2, -0.15) is 0 Å². The molecule has 0 aromatic carbocycles. The second-order valence-electron chi connectivity index (χ2n) is 1.49. The van der Waals surface area contributed by atoms with Gasteiger partial charge < -0.3 is 0 Å². The lowest BCUT2D eigenvalue weighted by Gasteiger charge is -1.73. The normalized spacial score (nSPS) is 15.8. The zero-order valence-electron chi connectivity index (χ0n) is 5.66. The largest absolute Gasteiger partial charge is 0.238 e. The molecule has 0 bridgehead atoms. The fourth-order valence-electron chi connectivity index (χ4n) is 0.347. The lowest BCUT2D eigenvalue weighted by Crippen LogP contribution is -1.61. The third-order valence-electron chi connectivity index (χ3n) is 0.711. The first-order valence-electron chi connectivity index (χ1n) is 2.80. The van der Waals surface area contributed by atoms with Crippen LogP contribution in [0.15, 0.2) is 35.8 Å². The highest BCUT2D eigenvalue weighted by Gasteiger charge is 1.75. The van der Waals surface area contributed by atoms with E-state index in [0.29, 0.717) is 0 Å². The van der Waals surface area contributed by atoms with Gasteiger partial charge in [0.15, 0.2) is 0 Å². The van der Waals surface area contributed by atoms with Gasteiger partial charge in [0.2, 0.25) is 0 Å². The summed E-state index contributed by atoms with van der Waals surface area (Å²) in [6.07, 6.45) is 9.02. The summed E-state index contributed by atoms with van der Waals surface area (Å²) >= 11 is 0. The minimum Gasteiger partial charge on any atom is -0.238 e. The molecule has 0 radical (unpaired) electrons. The van der Waals surface area contributed by atoms with E-state index in [1.165, 1.54) is 5.41 Å². The number of rotatable bonds is 3. The zero-order chi connectivity index (χ0) is 7.82. The smallest absolute Gasteiger partial charge is 0.140 e. The van der Waals surface area contributed by atoms with E-state index in [-0.39, 0.29) is 0 Å². The maximum absolute atomic E-state index is 10.2. The molecule has 1 atom stereocenters. The fourth-order valence-corrected chi connectivity index (χ4v) is 0.739. The molecule has 0 saturated heterocycles. The summed E-state index contributed by atoms with van der Waals surface area (Å²) in [5, 5.41) is 1.40. The average Bonchev–Trinajstić information content (AvgIpc) is 1.87. The van der Waals surface area contributed by atoms with E-state index in [9.17, 15) is 4.21 Å². The summed E-state index contributed by atoms with van der Waals surface area (Å²) in [6.45, 7) is 1.92. The van der Waals surface area contributed by atoms with Gasteiger partial charge in [0.25, 0.3) is 0 Å². The first-order chi connectivity index (χ1) is 4.77. The van der Waals surface area contributed by atoms with Crippen LogP contribution in [-0.4, -0.2) is 4.21 Å². The summed E-state index contributed by atoms with van der Waals surface area (Å²) in [7, 11) is 3.77. The maximum atomic E-state index is 10.2. The highest BCUT2D eigenvalue weighted by atomic mass is 35.7. The van der Waals surface area contributed by atoms with E-state index in [0.717, 1.165) is 0 Å². The summed E-state index contributed by atoms with van der Waals surface area (Å²) in [5.41, 5.74) is 0. The van der Waals surface area contributed by atoms with E-state index < -0.39 is 10.0 Å². The third-order valence-corrected chi connectivity index (χ3v) is 1.39. The van der Waals surface area contributed by atoms with E-state index in [2.05, 4.69) is 0 Å². The van der Waals surface area contributed by atoms with Crippen molar-refractivity contribution in [1.29, 1.82) is 0 Å². The molecule has 0 aliphatic carbocycles. The summed E-state index contributed by atoms with van der Waals surface area (Å²) in [5.74, 6) is 0. The number of hydrogen-bond donors (Lipinski definition) is 0. The molecule has 10 heavy (non-hydrogen) atoms. The van der Waals surface area contributed by atoms with Crippen molar-refractivity contribution in [3.8, 4) is 0 Å². The summed E-state index contributed by atoms with van der Waals surface area (Å²) < 4.78 is 10.2. The predicted octanol–water partition coefficient (Wildman–Crippen LogP) is 2.53. The van der Waals surface area contributed by atoms with Crippen molar-refractivity contribution < 1.29 is 4.21 Å². The van der Waals surface area contributed by atoms with Gasteiger partial charge in [0.1, 0.15) is 10.0 Å². The Morgan fingerprint density at radius 2 is 1.80 bits per heavy atom. The van der Waals surface area contributed by atoms with Crippen molar-refractivity contribution in [3.05, 3.63) is 35.8 Å². The molecule has 0 amide bonds.